The molecule has 1 spiro atoms. The van der Waals surface area contributed by atoms with Gasteiger partial charge in [0.15, 0.2) is 17.6 Å². The average molecular weight is 536 g/mol. The predicted octanol–water partition coefficient (Wildman–Crippen LogP) is 4.18. The molecule has 1 saturated heterocycles. The van der Waals surface area contributed by atoms with E-state index in [1.165, 1.54) is 31.9 Å². The van der Waals surface area contributed by atoms with Gasteiger partial charge >= 0.3 is 0 Å². The van der Waals surface area contributed by atoms with Crippen LogP contribution in [0.3, 0.4) is 0 Å². The zero-order valence-corrected chi connectivity index (χ0v) is 22.0. The highest BCUT2D eigenvalue weighted by Gasteiger charge is 2.69. The summed E-state index contributed by atoms with van der Waals surface area (Å²) >= 11 is 6.07. The van der Waals surface area contributed by atoms with Crippen molar-refractivity contribution in [2.24, 2.45) is 5.92 Å². The molecule has 2 aliphatic heterocycles. The summed E-state index contributed by atoms with van der Waals surface area (Å²) in [6.45, 7) is 4.90. The van der Waals surface area contributed by atoms with Gasteiger partial charge in [0, 0.05) is 23.2 Å². The fourth-order valence-corrected chi connectivity index (χ4v) is 6.99. The number of aliphatic hydroxyl groups excluding tert-OH is 1. The Morgan fingerprint density at radius 2 is 2.08 bits per heavy atom. The van der Waals surface area contributed by atoms with Crippen molar-refractivity contribution in [2.75, 3.05) is 18.4 Å². The molecule has 4 atom stereocenters. The number of anilines is 1. The maximum Gasteiger partial charge on any atom is 0.254 e. The molecular formula is C29H30ClN3O5. The number of fused-ring (bicyclic) bond motifs is 1. The number of phenols is 1. The maximum atomic E-state index is 13.3. The lowest BCUT2D eigenvalue weighted by Gasteiger charge is -2.59. The molecule has 1 saturated carbocycles. The number of hydrogen-bond acceptors (Lipinski definition) is 7. The number of likely N-dealkylation sites (tertiary alicyclic amines) is 1. The van der Waals surface area contributed by atoms with E-state index in [0.717, 1.165) is 17.7 Å². The van der Waals surface area contributed by atoms with Crippen molar-refractivity contribution in [1.29, 1.82) is 5.26 Å². The van der Waals surface area contributed by atoms with Crippen LogP contribution in [-0.4, -0.2) is 57.0 Å². The summed E-state index contributed by atoms with van der Waals surface area (Å²) in [7, 11) is 0. The number of carbonyl (C=O) groups is 1. The molecule has 1 amide bonds. The molecule has 4 aliphatic rings. The number of nitrogens with zero attached hydrogens (tertiary/aromatic N) is 2. The second-order valence-corrected chi connectivity index (χ2v) is 11.7. The number of nitriles is 1. The molecule has 0 radical (unpaired) electrons. The summed E-state index contributed by atoms with van der Waals surface area (Å²) in [5.41, 5.74) is -0.222. The zero-order valence-electron chi connectivity index (χ0n) is 21.3. The Morgan fingerprint density at radius 1 is 1.32 bits per heavy atom. The third-order valence-electron chi connectivity index (χ3n) is 9.07. The maximum absolute atomic E-state index is 13.3. The standard InChI is InChI=1S/C29H30ClN3O5/c1-15(27(36)32-20-12-19(30)7-5-18(20)13-31)24(35)26-29-9-10-33(14-16-3-4-16)22(28(29,2)37)11-17-6-8-21(34)25(38-26)23(17)29/h5-8,12,16,22,26,34-35,37H,3-4,9-11,14H2,1-2H3,(H,32,36)/b24-15-/t22-,26+,28-,29+/m1/s1. The molecule has 2 aromatic rings. The van der Waals surface area contributed by atoms with Gasteiger partial charge in [-0.15, -0.1) is 0 Å². The highest BCUT2D eigenvalue weighted by Crippen LogP contribution is 2.63. The lowest BCUT2D eigenvalue weighted by Crippen LogP contribution is -2.73. The highest BCUT2D eigenvalue weighted by atomic mass is 35.5. The van der Waals surface area contributed by atoms with E-state index in [2.05, 4.69) is 10.2 Å². The van der Waals surface area contributed by atoms with Crippen molar-refractivity contribution in [3.05, 3.63) is 63.4 Å². The van der Waals surface area contributed by atoms with E-state index in [-0.39, 0.29) is 40.1 Å². The molecular weight excluding hydrogens is 506 g/mol. The molecule has 4 N–H and O–H groups in total. The smallest absolute Gasteiger partial charge is 0.254 e. The fraction of sp³-hybridized carbons (Fsp3) is 0.448. The number of hydrogen-bond donors (Lipinski definition) is 4. The van der Waals surface area contributed by atoms with E-state index < -0.39 is 23.0 Å². The first kappa shape index (κ1) is 25.1. The number of aromatic hydroxyl groups is 1. The molecule has 0 unspecified atom stereocenters. The van der Waals surface area contributed by atoms with Crippen LogP contribution in [0.2, 0.25) is 5.02 Å². The van der Waals surface area contributed by atoms with Crippen molar-refractivity contribution in [2.45, 2.75) is 62.7 Å². The van der Waals surface area contributed by atoms with Gasteiger partial charge in [0.25, 0.3) is 5.91 Å². The van der Waals surface area contributed by atoms with Crippen molar-refractivity contribution < 1.29 is 24.9 Å². The van der Waals surface area contributed by atoms with Crippen LogP contribution < -0.4 is 10.1 Å². The number of halogens is 1. The van der Waals surface area contributed by atoms with Gasteiger partial charge in [0.2, 0.25) is 0 Å². The van der Waals surface area contributed by atoms with Crippen LogP contribution in [0.5, 0.6) is 11.5 Å². The Morgan fingerprint density at radius 3 is 2.79 bits per heavy atom. The summed E-state index contributed by atoms with van der Waals surface area (Å²) in [5, 5.41) is 47.0. The Bertz CT molecular complexity index is 1430. The van der Waals surface area contributed by atoms with Gasteiger partial charge in [-0.05, 0) is 81.8 Å². The van der Waals surface area contributed by atoms with Gasteiger partial charge < -0.3 is 25.4 Å². The molecule has 8 nitrogen and oxygen atoms in total. The number of rotatable bonds is 5. The van der Waals surface area contributed by atoms with E-state index in [9.17, 15) is 25.4 Å². The zero-order chi connectivity index (χ0) is 27.0. The van der Waals surface area contributed by atoms with Crippen LogP contribution in [0.15, 0.2) is 41.7 Å². The summed E-state index contributed by atoms with van der Waals surface area (Å²) in [5.74, 6) is -0.103. The normalized spacial score (nSPS) is 30.1. The van der Waals surface area contributed by atoms with E-state index in [1.54, 1.807) is 19.1 Å². The van der Waals surface area contributed by atoms with Gasteiger partial charge in [-0.25, -0.2) is 0 Å². The third kappa shape index (κ3) is 3.53. The molecule has 38 heavy (non-hydrogen) atoms. The summed E-state index contributed by atoms with van der Waals surface area (Å²) < 4.78 is 6.26. The first-order chi connectivity index (χ1) is 18.1. The lowest BCUT2D eigenvalue weighted by molar-refractivity contribution is -0.153. The minimum absolute atomic E-state index is 0.0135. The van der Waals surface area contributed by atoms with E-state index >= 15 is 0 Å². The van der Waals surface area contributed by atoms with Crippen molar-refractivity contribution in [3.63, 3.8) is 0 Å². The highest BCUT2D eigenvalue weighted by molar-refractivity contribution is 6.31. The fourth-order valence-electron chi connectivity index (χ4n) is 6.82. The lowest BCUT2D eigenvalue weighted by atomic mass is 9.53. The molecule has 0 aromatic heterocycles. The Balaban J connectivity index is 1.42. The molecule has 2 heterocycles. The predicted molar refractivity (Wildman–Crippen MR) is 141 cm³/mol. The van der Waals surface area contributed by atoms with Crippen molar-refractivity contribution in [1.82, 2.24) is 4.90 Å². The minimum atomic E-state index is -1.30. The number of ether oxygens (including phenoxy) is 1. The van der Waals surface area contributed by atoms with Crippen LogP contribution in [0.1, 0.15) is 49.8 Å². The second kappa shape index (κ2) is 8.63. The van der Waals surface area contributed by atoms with Gasteiger partial charge in [0.05, 0.1) is 27.8 Å². The number of nitrogens with one attached hydrogen (secondary N) is 1. The van der Waals surface area contributed by atoms with Gasteiger partial charge in [-0.3, -0.25) is 9.69 Å². The Labute approximate surface area is 226 Å². The topological polar surface area (TPSA) is 126 Å². The van der Waals surface area contributed by atoms with Crippen LogP contribution in [0.4, 0.5) is 5.69 Å². The Kier molecular flexibility index (Phi) is 5.69. The first-order valence-corrected chi connectivity index (χ1v) is 13.4. The largest absolute Gasteiger partial charge is 0.508 e. The average Bonchev–Trinajstić information content (AvgIpc) is 3.62. The molecule has 9 heteroatoms. The monoisotopic (exact) mass is 535 g/mol. The SMILES string of the molecule is C/C(C(=O)Nc1cc(Cl)ccc1C#N)=C(/O)[C@@H]1Oc2c(O)ccc3c2[C@@]12CCN(CC1CC1)[C@H](C3)[C@@]2(C)O. The number of aliphatic hydroxyl groups is 2. The molecule has 2 aliphatic carbocycles. The second-order valence-electron chi connectivity index (χ2n) is 11.2. The number of carbonyl (C=O) groups excluding carboxylic acids is 1. The van der Waals surface area contributed by atoms with Crippen LogP contribution in [0.25, 0.3) is 0 Å². The van der Waals surface area contributed by atoms with Crippen LogP contribution in [-0.2, 0) is 16.6 Å². The summed E-state index contributed by atoms with van der Waals surface area (Å²) in [6, 6.07) is 9.82. The molecule has 198 valence electrons. The van der Waals surface area contributed by atoms with Crippen LogP contribution in [0, 0.1) is 17.2 Å². The molecule has 6 rings (SSSR count). The van der Waals surface area contributed by atoms with Gasteiger partial charge in [-0.2, -0.15) is 5.26 Å². The number of piperidine rings is 1. The van der Waals surface area contributed by atoms with Gasteiger partial charge in [0.1, 0.15) is 11.8 Å². The third-order valence-corrected chi connectivity index (χ3v) is 9.30. The summed E-state index contributed by atoms with van der Waals surface area (Å²) in [4.78, 5) is 15.6. The van der Waals surface area contributed by atoms with E-state index in [1.807, 2.05) is 12.1 Å². The van der Waals surface area contributed by atoms with Crippen molar-refractivity contribution >= 4 is 23.2 Å². The van der Waals surface area contributed by atoms with E-state index in [4.69, 9.17) is 16.3 Å². The van der Waals surface area contributed by atoms with Crippen molar-refractivity contribution in [3.8, 4) is 17.6 Å². The molecule has 2 fully saturated rings. The van der Waals surface area contributed by atoms with Gasteiger partial charge in [-0.1, -0.05) is 17.7 Å². The number of benzene rings is 2. The minimum Gasteiger partial charge on any atom is -0.508 e. The Hall–Kier alpha value is -3.25. The van der Waals surface area contributed by atoms with Crippen LogP contribution >= 0.6 is 11.6 Å². The molecule has 2 bridgehead atoms. The molecule has 2 aromatic carbocycles. The first-order valence-electron chi connectivity index (χ1n) is 13.0. The number of amides is 1. The van der Waals surface area contributed by atoms with E-state index in [0.29, 0.717) is 30.3 Å². The number of phenolic OH excluding ortho intramolecular Hbond substituents is 1. The quantitative estimate of drug-likeness (QED) is 0.334. The summed E-state index contributed by atoms with van der Waals surface area (Å²) in [6.07, 6.45) is 2.42.